The molecule has 2 atom stereocenters. The van der Waals surface area contributed by atoms with E-state index < -0.39 is 4.92 Å². The van der Waals surface area contributed by atoms with Gasteiger partial charge in [0, 0.05) is 23.3 Å². The predicted molar refractivity (Wildman–Crippen MR) is 82.5 cm³/mol. The molecule has 6 heteroatoms. The van der Waals surface area contributed by atoms with Crippen molar-refractivity contribution in [2.75, 3.05) is 0 Å². The highest BCUT2D eigenvalue weighted by molar-refractivity contribution is 9.10. The third-order valence-electron chi connectivity index (χ3n) is 4.41. The Morgan fingerprint density at radius 2 is 2.15 bits per heavy atom. The molecule has 20 heavy (non-hydrogen) atoms. The van der Waals surface area contributed by atoms with Crippen molar-refractivity contribution >= 4 is 33.2 Å². The molecule has 2 unspecified atom stereocenters. The minimum atomic E-state index is -0.420. The molecule has 1 aromatic carbocycles. The van der Waals surface area contributed by atoms with Gasteiger partial charge in [-0.25, -0.2) is 0 Å². The summed E-state index contributed by atoms with van der Waals surface area (Å²) in [5.74, 6) is 0.303. The second-order valence-corrected chi connectivity index (χ2v) is 6.48. The molecule has 1 aliphatic carbocycles. The number of alkyl halides is 1. The molecule has 0 spiro atoms. The number of nitrogens with zero attached hydrogens (tertiary/aromatic N) is 1. The van der Waals surface area contributed by atoms with Crippen LogP contribution in [0.4, 0.5) is 5.69 Å². The number of rotatable bonds is 5. The second-order valence-electron chi connectivity index (χ2n) is 5.10. The lowest BCUT2D eigenvalue weighted by Crippen LogP contribution is -2.56. The molecule has 2 rings (SSSR count). The quantitative estimate of drug-likeness (QED) is 0.424. The number of nitro benzene ring substituents is 1. The first-order valence-electron chi connectivity index (χ1n) is 6.69. The van der Waals surface area contributed by atoms with E-state index in [0.29, 0.717) is 10.2 Å². The molecule has 4 nitrogen and oxygen atoms in total. The van der Waals surface area contributed by atoms with Crippen molar-refractivity contribution in [1.29, 1.82) is 0 Å². The van der Waals surface area contributed by atoms with Crippen LogP contribution in [-0.4, -0.2) is 16.4 Å². The van der Waals surface area contributed by atoms with E-state index in [0.717, 1.165) is 19.3 Å². The molecular weight excluding hydrogens is 346 g/mol. The molecule has 0 N–H and O–H groups in total. The van der Waals surface area contributed by atoms with Gasteiger partial charge < -0.3 is 4.74 Å². The first kappa shape index (κ1) is 15.6. The van der Waals surface area contributed by atoms with Crippen LogP contribution in [0.15, 0.2) is 22.7 Å². The summed E-state index contributed by atoms with van der Waals surface area (Å²) in [6.07, 6.45) is 2.46. The van der Waals surface area contributed by atoms with E-state index in [1.165, 1.54) is 6.07 Å². The second kappa shape index (κ2) is 5.90. The van der Waals surface area contributed by atoms with Gasteiger partial charge >= 0.3 is 5.69 Å². The summed E-state index contributed by atoms with van der Waals surface area (Å²) < 4.78 is 6.57. The maximum Gasteiger partial charge on any atom is 0.312 e. The van der Waals surface area contributed by atoms with Gasteiger partial charge in [0.25, 0.3) is 0 Å². The molecule has 1 aliphatic rings. The Kier molecular flexibility index (Phi) is 4.59. The Balaban J connectivity index is 2.30. The molecule has 0 aliphatic heterocycles. The van der Waals surface area contributed by atoms with Crippen molar-refractivity contribution in [1.82, 2.24) is 0 Å². The first-order valence-corrected chi connectivity index (χ1v) is 7.92. The van der Waals surface area contributed by atoms with Gasteiger partial charge in [0.2, 0.25) is 5.75 Å². The summed E-state index contributed by atoms with van der Waals surface area (Å²) in [6.45, 7) is 4.17. The van der Waals surface area contributed by atoms with E-state index in [4.69, 9.17) is 16.3 Å². The van der Waals surface area contributed by atoms with Gasteiger partial charge in [0.15, 0.2) is 0 Å². The third-order valence-corrected chi connectivity index (χ3v) is 5.64. The monoisotopic (exact) mass is 361 g/mol. The fourth-order valence-electron chi connectivity index (χ4n) is 2.91. The largest absolute Gasteiger partial charge is 0.482 e. The number of benzene rings is 1. The van der Waals surface area contributed by atoms with Crippen molar-refractivity contribution in [2.24, 2.45) is 5.41 Å². The van der Waals surface area contributed by atoms with E-state index in [2.05, 4.69) is 29.8 Å². The van der Waals surface area contributed by atoms with Gasteiger partial charge in [-0.3, -0.25) is 10.1 Å². The van der Waals surface area contributed by atoms with E-state index >= 15 is 0 Å². The molecule has 0 radical (unpaired) electrons. The van der Waals surface area contributed by atoms with Crippen LogP contribution in [0.3, 0.4) is 0 Å². The molecule has 1 fully saturated rings. The van der Waals surface area contributed by atoms with E-state index in [9.17, 15) is 10.1 Å². The fraction of sp³-hybridized carbons (Fsp3) is 0.571. The van der Waals surface area contributed by atoms with Gasteiger partial charge in [-0.1, -0.05) is 19.9 Å². The Labute approximate surface area is 131 Å². The van der Waals surface area contributed by atoms with Crippen LogP contribution in [0.5, 0.6) is 5.75 Å². The summed E-state index contributed by atoms with van der Waals surface area (Å²) in [5, 5.41) is 11.2. The van der Waals surface area contributed by atoms with Crippen LogP contribution in [0.1, 0.15) is 33.1 Å². The fourth-order valence-corrected chi connectivity index (χ4v) is 3.97. The summed E-state index contributed by atoms with van der Waals surface area (Å²) in [7, 11) is 0. The zero-order chi connectivity index (χ0) is 14.9. The highest BCUT2D eigenvalue weighted by atomic mass is 79.9. The average Bonchev–Trinajstić information content (AvgIpc) is 2.41. The van der Waals surface area contributed by atoms with E-state index in [1.54, 1.807) is 12.1 Å². The van der Waals surface area contributed by atoms with Crippen molar-refractivity contribution < 1.29 is 9.66 Å². The Bertz CT molecular complexity index is 519. The van der Waals surface area contributed by atoms with Gasteiger partial charge in [0.1, 0.15) is 6.10 Å². The van der Waals surface area contributed by atoms with Crippen LogP contribution in [0.25, 0.3) is 0 Å². The van der Waals surface area contributed by atoms with Gasteiger partial charge in [-0.15, -0.1) is 11.6 Å². The Morgan fingerprint density at radius 1 is 1.50 bits per heavy atom. The molecule has 110 valence electrons. The number of ether oxygens (including phenoxy) is 1. The Hall–Kier alpha value is -0.810. The summed E-state index contributed by atoms with van der Waals surface area (Å²) in [5.41, 5.74) is -0.108. The van der Waals surface area contributed by atoms with Crippen LogP contribution in [0, 0.1) is 15.5 Å². The zero-order valence-corrected chi connectivity index (χ0v) is 13.8. The SMILES string of the molecule is CCC1(CC)C(Cl)CC1Oc1c(Br)cccc1[N+](=O)[O-]. The molecule has 1 saturated carbocycles. The summed E-state index contributed by atoms with van der Waals surface area (Å²) in [6, 6.07) is 4.84. The van der Waals surface area contributed by atoms with Gasteiger partial charge in [-0.05, 0) is 34.8 Å². The maximum atomic E-state index is 11.1. The highest BCUT2D eigenvalue weighted by Gasteiger charge is 2.54. The topological polar surface area (TPSA) is 52.4 Å². The number of hydrogen-bond acceptors (Lipinski definition) is 3. The highest BCUT2D eigenvalue weighted by Crippen LogP contribution is 2.53. The smallest absolute Gasteiger partial charge is 0.312 e. The average molecular weight is 363 g/mol. The molecule has 1 aromatic rings. The lowest BCUT2D eigenvalue weighted by molar-refractivity contribution is -0.386. The van der Waals surface area contributed by atoms with Crippen LogP contribution in [0.2, 0.25) is 0 Å². The Morgan fingerprint density at radius 3 is 2.65 bits per heavy atom. The molecule has 0 aromatic heterocycles. The lowest BCUT2D eigenvalue weighted by Gasteiger charge is -2.52. The van der Waals surface area contributed by atoms with Crippen LogP contribution < -0.4 is 4.74 Å². The minimum absolute atomic E-state index is 0.0153. The number of halogens is 2. The maximum absolute atomic E-state index is 11.1. The number of hydrogen-bond donors (Lipinski definition) is 0. The standard InChI is InChI=1S/C14H17BrClNO3/c1-3-14(4-2)11(16)8-12(14)20-13-9(15)6-5-7-10(13)17(18)19/h5-7,11-12H,3-4,8H2,1-2H3. The van der Waals surface area contributed by atoms with Crippen molar-refractivity contribution in [3.63, 3.8) is 0 Å². The molecule has 0 heterocycles. The summed E-state index contributed by atoms with van der Waals surface area (Å²) in [4.78, 5) is 10.7. The number of nitro groups is 1. The molecule has 0 amide bonds. The van der Waals surface area contributed by atoms with E-state index in [1.807, 2.05) is 0 Å². The van der Waals surface area contributed by atoms with Gasteiger partial charge in [0.05, 0.1) is 9.40 Å². The first-order chi connectivity index (χ1) is 9.46. The van der Waals surface area contributed by atoms with Crippen molar-refractivity contribution in [3.8, 4) is 5.75 Å². The van der Waals surface area contributed by atoms with Gasteiger partial charge in [-0.2, -0.15) is 0 Å². The normalized spacial score (nSPS) is 24.0. The van der Waals surface area contributed by atoms with Crippen molar-refractivity contribution in [3.05, 3.63) is 32.8 Å². The van der Waals surface area contributed by atoms with E-state index in [-0.39, 0.29) is 22.6 Å². The molecule has 0 saturated heterocycles. The predicted octanol–water partition coefficient (Wildman–Crippen LogP) is 4.92. The lowest BCUT2D eigenvalue weighted by atomic mass is 9.62. The van der Waals surface area contributed by atoms with Crippen LogP contribution >= 0.6 is 27.5 Å². The van der Waals surface area contributed by atoms with Crippen LogP contribution in [-0.2, 0) is 0 Å². The molecule has 0 bridgehead atoms. The third kappa shape index (κ3) is 2.42. The summed E-state index contributed by atoms with van der Waals surface area (Å²) >= 11 is 9.68. The number of para-hydroxylation sites is 1. The van der Waals surface area contributed by atoms with Crippen molar-refractivity contribution in [2.45, 2.75) is 44.6 Å². The zero-order valence-electron chi connectivity index (χ0n) is 11.4. The minimum Gasteiger partial charge on any atom is -0.482 e. The molecular formula is C14H17BrClNO3.